The quantitative estimate of drug-likeness (QED) is 0.832. The maximum absolute atomic E-state index is 11.5. The fraction of sp³-hybridized carbons (Fsp3) is 0.636. The van der Waals surface area contributed by atoms with Crippen LogP contribution in [-0.2, 0) is 20.4 Å². The number of nitrogens with zero attached hydrogens (tertiary/aromatic N) is 2. The third-order valence-corrected chi connectivity index (χ3v) is 4.10. The van der Waals surface area contributed by atoms with Crippen LogP contribution in [0.15, 0.2) is 4.90 Å². The minimum absolute atomic E-state index is 0.0263. The van der Waals surface area contributed by atoms with Gasteiger partial charge in [-0.1, -0.05) is 0 Å². The molecule has 0 saturated heterocycles. The second kappa shape index (κ2) is 5.92. The third-order valence-electron chi connectivity index (χ3n) is 2.56. The summed E-state index contributed by atoms with van der Waals surface area (Å²) in [6.07, 6.45) is 0.238. The van der Waals surface area contributed by atoms with Crippen molar-refractivity contribution in [1.82, 2.24) is 15.1 Å². The molecule has 1 heterocycles. The molecule has 1 rings (SSSR count). The number of carbonyl (C=O) groups is 1. The molecule has 0 bridgehead atoms. The molecule has 0 fully saturated rings. The zero-order valence-electron chi connectivity index (χ0n) is 11.4. The van der Waals surface area contributed by atoms with Crippen molar-refractivity contribution in [3.05, 3.63) is 11.4 Å². The Morgan fingerprint density at radius 2 is 2.00 bits per heavy atom. The molecule has 8 heteroatoms. The minimum Gasteiger partial charge on any atom is -0.354 e. The van der Waals surface area contributed by atoms with E-state index >= 15 is 0 Å². The highest BCUT2D eigenvalue weighted by molar-refractivity contribution is 8.13. The van der Waals surface area contributed by atoms with Crippen LogP contribution >= 0.6 is 10.7 Å². The van der Waals surface area contributed by atoms with E-state index in [1.54, 1.807) is 13.8 Å². The van der Waals surface area contributed by atoms with Crippen molar-refractivity contribution in [2.45, 2.75) is 51.6 Å². The molecular formula is C11H18ClN3O3S. The maximum Gasteiger partial charge on any atom is 0.264 e. The van der Waals surface area contributed by atoms with E-state index in [9.17, 15) is 13.2 Å². The van der Waals surface area contributed by atoms with Crippen molar-refractivity contribution in [3.63, 3.8) is 0 Å². The summed E-state index contributed by atoms with van der Waals surface area (Å²) in [4.78, 5) is 11.6. The van der Waals surface area contributed by atoms with Gasteiger partial charge < -0.3 is 5.32 Å². The third kappa shape index (κ3) is 4.21. The summed E-state index contributed by atoms with van der Waals surface area (Å²) in [7, 11) is 1.54. The Morgan fingerprint density at radius 1 is 1.42 bits per heavy atom. The van der Waals surface area contributed by atoms with Gasteiger partial charge in [-0.05, 0) is 27.7 Å². The van der Waals surface area contributed by atoms with Crippen molar-refractivity contribution in [2.24, 2.45) is 0 Å². The molecule has 0 radical (unpaired) electrons. The molecule has 0 spiro atoms. The molecule has 1 N–H and O–H groups in total. The van der Waals surface area contributed by atoms with Gasteiger partial charge in [0.25, 0.3) is 9.05 Å². The van der Waals surface area contributed by atoms with Gasteiger partial charge in [0.05, 0.1) is 17.9 Å². The summed E-state index contributed by atoms with van der Waals surface area (Å²) >= 11 is 0. The van der Waals surface area contributed by atoms with Crippen LogP contribution < -0.4 is 5.32 Å². The van der Waals surface area contributed by atoms with E-state index in [4.69, 9.17) is 10.7 Å². The van der Waals surface area contributed by atoms with E-state index in [2.05, 4.69) is 10.4 Å². The topological polar surface area (TPSA) is 81.1 Å². The molecule has 108 valence electrons. The van der Waals surface area contributed by atoms with E-state index in [1.807, 2.05) is 13.8 Å². The van der Waals surface area contributed by atoms with Crippen LogP contribution in [0.3, 0.4) is 0 Å². The first-order chi connectivity index (χ1) is 8.62. The minimum atomic E-state index is -3.81. The van der Waals surface area contributed by atoms with Gasteiger partial charge in [-0.2, -0.15) is 5.10 Å². The average molecular weight is 308 g/mol. The van der Waals surface area contributed by atoms with Gasteiger partial charge in [0, 0.05) is 23.1 Å². The predicted octanol–water partition coefficient (Wildman–Crippen LogP) is 1.34. The Kier molecular flexibility index (Phi) is 4.98. The second-order valence-corrected chi connectivity index (χ2v) is 7.14. The Morgan fingerprint density at radius 3 is 2.42 bits per heavy atom. The number of rotatable bonds is 5. The van der Waals surface area contributed by atoms with E-state index in [1.165, 1.54) is 4.68 Å². The van der Waals surface area contributed by atoms with Crippen LogP contribution in [-0.4, -0.2) is 30.1 Å². The van der Waals surface area contributed by atoms with Gasteiger partial charge in [-0.25, -0.2) is 8.42 Å². The normalized spacial score (nSPS) is 11.9. The Bertz CT molecular complexity index is 578. The first kappa shape index (κ1) is 16.0. The summed E-state index contributed by atoms with van der Waals surface area (Å²) in [5.41, 5.74) is 0.793. The van der Waals surface area contributed by atoms with Crippen LogP contribution in [0.25, 0.3) is 0 Å². The maximum atomic E-state index is 11.5. The SMILES string of the molecule is Cc1nn(CCC(=O)NC(C)C)c(C)c1S(=O)(=O)Cl. The smallest absolute Gasteiger partial charge is 0.264 e. The van der Waals surface area contributed by atoms with Gasteiger partial charge in [0.1, 0.15) is 4.90 Å². The zero-order valence-corrected chi connectivity index (χ0v) is 13.0. The van der Waals surface area contributed by atoms with Crippen LogP contribution in [0.4, 0.5) is 0 Å². The van der Waals surface area contributed by atoms with Gasteiger partial charge in [0.2, 0.25) is 5.91 Å². The number of hydrogen-bond donors (Lipinski definition) is 1. The van der Waals surface area contributed by atoms with E-state index in [0.29, 0.717) is 17.9 Å². The van der Waals surface area contributed by atoms with Gasteiger partial charge in [-0.3, -0.25) is 9.48 Å². The summed E-state index contributed by atoms with van der Waals surface area (Å²) < 4.78 is 24.3. The molecule has 0 aromatic carbocycles. The Hall–Kier alpha value is -1.08. The van der Waals surface area contributed by atoms with Crippen molar-refractivity contribution >= 4 is 25.6 Å². The first-order valence-electron chi connectivity index (χ1n) is 5.91. The van der Waals surface area contributed by atoms with Crippen molar-refractivity contribution in [1.29, 1.82) is 0 Å². The molecule has 0 aliphatic rings. The van der Waals surface area contributed by atoms with E-state index in [0.717, 1.165) is 0 Å². The predicted molar refractivity (Wildman–Crippen MR) is 72.6 cm³/mol. The number of aryl methyl sites for hydroxylation is 2. The Balaban J connectivity index is 2.85. The van der Waals surface area contributed by atoms with Crippen molar-refractivity contribution < 1.29 is 13.2 Å². The first-order valence-corrected chi connectivity index (χ1v) is 8.22. The van der Waals surface area contributed by atoms with Crippen LogP contribution in [0.5, 0.6) is 0 Å². The number of carbonyl (C=O) groups excluding carboxylic acids is 1. The molecule has 0 aliphatic carbocycles. The fourth-order valence-corrected chi connectivity index (χ4v) is 3.37. The fourth-order valence-electron chi connectivity index (χ4n) is 1.85. The van der Waals surface area contributed by atoms with Gasteiger partial charge in [-0.15, -0.1) is 0 Å². The lowest BCUT2D eigenvalue weighted by Gasteiger charge is -2.09. The molecule has 1 aromatic rings. The molecule has 0 atom stereocenters. The number of amides is 1. The number of hydrogen-bond acceptors (Lipinski definition) is 4. The lowest BCUT2D eigenvalue weighted by Crippen LogP contribution is -2.30. The van der Waals surface area contributed by atoms with E-state index in [-0.39, 0.29) is 23.3 Å². The highest BCUT2D eigenvalue weighted by Gasteiger charge is 2.22. The number of nitrogens with one attached hydrogen (secondary N) is 1. The van der Waals surface area contributed by atoms with Crippen molar-refractivity contribution in [3.8, 4) is 0 Å². The van der Waals surface area contributed by atoms with Gasteiger partial charge >= 0.3 is 0 Å². The summed E-state index contributed by atoms with van der Waals surface area (Å²) in [6, 6.07) is 0.0757. The molecule has 0 unspecified atom stereocenters. The lowest BCUT2D eigenvalue weighted by molar-refractivity contribution is -0.121. The molecule has 1 amide bonds. The molecule has 19 heavy (non-hydrogen) atoms. The van der Waals surface area contributed by atoms with Crippen LogP contribution in [0.2, 0.25) is 0 Å². The average Bonchev–Trinajstić information content (AvgIpc) is 2.48. The molecule has 0 saturated carbocycles. The largest absolute Gasteiger partial charge is 0.354 e. The lowest BCUT2D eigenvalue weighted by atomic mass is 10.3. The summed E-state index contributed by atoms with van der Waals surface area (Å²) in [5.74, 6) is -0.0992. The van der Waals surface area contributed by atoms with Gasteiger partial charge in [0.15, 0.2) is 0 Å². The highest BCUT2D eigenvalue weighted by atomic mass is 35.7. The summed E-state index contributed by atoms with van der Waals surface area (Å²) in [6.45, 7) is 7.26. The molecular weight excluding hydrogens is 290 g/mol. The molecule has 1 aromatic heterocycles. The van der Waals surface area contributed by atoms with Crippen molar-refractivity contribution in [2.75, 3.05) is 0 Å². The monoisotopic (exact) mass is 307 g/mol. The van der Waals surface area contributed by atoms with Crippen LogP contribution in [0, 0.1) is 13.8 Å². The standard InChI is InChI=1S/C11H18ClN3O3S/c1-7(2)13-10(16)5-6-15-9(4)11(8(3)14-15)19(12,17)18/h7H,5-6H2,1-4H3,(H,13,16). The highest BCUT2D eigenvalue weighted by Crippen LogP contribution is 2.23. The number of halogens is 1. The zero-order chi connectivity index (χ0) is 14.8. The Labute approximate surface area is 117 Å². The number of aromatic nitrogens is 2. The van der Waals surface area contributed by atoms with E-state index < -0.39 is 9.05 Å². The second-order valence-electron chi connectivity index (χ2n) is 4.63. The van der Waals surface area contributed by atoms with Crippen LogP contribution in [0.1, 0.15) is 31.7 Å². The molecule has 0 aliphatic heterocycles. The molecule has 6 nitrogen and oxygen atoms in total. The summed E-state index contributed by atoms with van der Waals surface area (Å²) in [5, 5.41) is 6.86.